The molecule has 1 saturated carbocycles. The molecule has 0 spiro atoms. The Kier molecular flexibility index (Phi) is 6.98. The predicted octanol–water partition coefficient (Wildman–Crippen LogP) is 2.71. The molecule has 1 saturated heterocycles. The Hall–Kier alpha value is -0.830. The number of nitrogens with zero attached hydrogens (tertiary/aromatic N) is 2. The lowest BCUT2D eigenvalue weighted by Gasteiger charge is -2.39. The quantitative estimate of drug-likeness (QED) is 0.400. The Morgan fingerprint density at radius 3 is 2.62 bits per heavy atom. The summed E-state index contributed by atoms with van der Waals surface area (Å²) >= 11 is 0. The van der Waals surface area contributed by atoms with Crippen LogP contribution in [-0.2, 0) is 16.3 Å². The minimum absolute atomic E-state index is 0. The Labute approximate surface area is 174 Å². The molecule has 3 rings (SSSR count). The van der Waals surface area contributed by atoms with Crippen LogP contribution in [0.3, 0.4) is 0 Å². The first kappa shape index (κ1) is 21.5. The van der Waals surface area contributed by atoms with Gasteiger partial charge in [0, 0.05) is 25.7 Å². The number of hydrogen-bond acceptors (Lipinski definition) is 3. The Balaban J connectivity index is 0.00000243. The van der Waals surface area contributed by atoms with E-state index in [0.717, 1.165) is 18.8 Å². The minimum Gasteiger partial charge on any atom is -0.353 e. The summed E-state index contributed by atoms with van der Waals surface area (Å²) in [6.45, 7) is 7.36. The van der Waals surface area contributed by atoms with Crippen molar-refractivity contribution in [1.82, 2.24) is 10.2 Å². The van der Waals surface area contributed by atoms with Crippen LogP contribution in [0, 0.1) is 5.92 Å². The van der Waals surface area contributed by atoms with Crippen molar-refractivity contribution in [3.05, 3.63) is 35.9 Å². The summed E-state index contributed by atoms with van der Waals surface area (Å²) < 4.78 is 23.7. The molecule has 26 heavy (non-hydrogen) atoms. The molecule has 1 heterocycles. The van der Waals surface area contributed by atoms with Crippen molar-refractivity contribution in [1.29, 1.82) is 0 Å². The van der Waals surface area contributed by atoms with Gasteiger partial charge in [-0.05, 0) is 45.1 Å². The third kappa shape index (κ3) is 4.91. The number of rotatable bonds is 4. The van der Waals surface area contributed by atoms with Gasteiger partial charge in [-0.3, -0.25) is 4.99 Å². The van der Waals surface area contributed by atoms with Gasteiger partial charge in [0.15, 0.2) is 15.8 Å². The number of hydrogen-bond donors (Lipinski definition) is 1. The molecule has 1 aromatic carbocycles. The smallest absolute Gasteiger partial charge is 0.194 e. The van der Waals surface area contributed by atoms with E-state index in [1.165, 1.54) is 5.56 Å². The summed E-state index contributed by atoms with van der Waals surface area (Å²) in [5.41, 5.74) is 1.37. The highest BCUT2D eigenvalue weighted by Gasteiger charge is 2.43. The zero-order chi connectivity index (χ0) is 18.1. The second kappa shape index (κ2) is 8.46. The lowest BCUT2D eigenvalue weighted by Crippen LogP contribution is -2.57. The fraction of sp³-hybridized carbons (Fsp3) is 0.632. The first-order valence-corrected chi connectivity index (χ1v) is 10.8. The molecule has 0 amide bonds. The van der Waals surface area contributed by atoms with E-state index in [1.807, 2.05) is 26.8 Å². The largest absolute Gasteiger partial charge is 0.353 e. The summed E-state index contributed by atoms with van der Waals surface area (Å²) in [6, 6.07) is 11.0. The van der Waals surface area contributed by atoms with Crippen molar-refractivity contribution in [2.24, 2.45) is 10.9 Å². The molecule has 1 N–H and O–H groups in total. The van der Waals surface area contributed by atoms with Gasteiger partial charge in [0.2, 0.25) is 0 Å². The van der Waals surface area contributed by atoms with Gasteiger partial charge in [0.1, 0.15) is 0 Å². The Morgan fingerprint density at radius 2 is 2.00 bits per heavy atom. The van der Waals surface area contributed by atoms with Crippen molar-refractivity contribution in [2.75, 3.05) is 25.4 Å². The molecule has 1 aliphatic carbocycles. The summed E-state index contributed by atoms with van der Waals surface area (Å²) in [6.07, 6.45) is 2.23. The summed E-state index contributed by atoms with van der Waals surface area (Å²) in [5, 5.41) is 3.58. The van der Waals surface area contributed by atoms with Crippen LogP contribution in [0.15, 0.2) is 35.3 Å². The number of sulfone groups is 1. The lowest BCUT2D eigenvalue weighted by molar-refractivity contribution is 0.352. The molecule has 1 aliphatic heterocycles. The van der Waals surface area contributed by atoms with Gasteiger partial charge < -0.3 is 10.2 Å². The normalized spacial score (nSPS) is 26.7. The number of halogens is 1. The molecule has 2 aliphatic rings. The molecule has 146 valence electrons. The van der Waals surface area contributed by atoms with E-state index >= 15 is 0 Å². The van der Waals surface area contributed by atoms with Crippen molar-refractivity contribution in [3.8, 4) is 0 Å². The third-order valence-corrected chi connectivity index (χ3v) is 7.76. The molecule has 2 fully saturated rings. The van der Waals surface area contributed by atoms with E-state index in [-0.39, 0.29) is 29.7 Å². The van der Waals surface area contributed by atoms with Crippen molar-refractivity contribution in [2.45, 2.75) is 44.4 Å². The molecular formula is C19H30IN3O2S. The standard InChI is InChI=1S/C19H29N3O2S.HI/c1-4-20-18(22-10-11-25(23,24)19(2,3)14-22)21-17-13-16(17)12-15-8-6-5-7-9-15;/h5-9,16-17H,4,10-14H2,1-3H3,(H,20,21);1H. The zero-order valence-electron chi connectivity index (χ0n) is 15.8. The maximum atomic E-state index is 12.2. The van der Waals surface area contributed by atoms with Gasteiger partial charge in [-0.1, -0.05) is 30.3 Å². The van der Waals surface area contributed by atoms with Crippen molar-refractivity contribution >= 4 is 39.8 Å². The predicted molar refractivity (Wildman–Crippen MR) is 118 cm³/mol. The molecule has 5 nitrogen and oxygen atoms in total. The van der Waals surface area contributed by atoms with Gasteiger partial charge in [-0.25, -0.2) is 8.42 Å². The van der Waals surface area contributed by atoms with E-state index in [1.54, 1.807) is 0 Å². The summed E-state index contributed by atoms with van der Waals surface area (Å²) in [4.78, 5) is 6.73. The topological polar surface area (TPSA) is 61.8 Å². The van der Waals surface area contributed by atoms with Crippen LogP contribution in [-0.4, -0.2) is 55.5 Å². The second-order valence-corrected chi connectivity index (χ2v) is 10.5. The average Bonchev–Trinajstić information content (AvgIpc) is 3.28. The first-order valence-electron chi connectivity index (χ1n) is 9.14. The van der Waals surface area contributed by atoms with E-state index in [0.29, 0.717) is 31.6 Å². The second-order valence-electron chi connectivity index (χ2n) is 7.73. The molecule has 1 aromatic rings. The highest BCUT2D eigenvalue weighted by molar-refractivity contribution is 14.0. The van der Waals surface area contributed by atoms with Crippen LogP contribution in [0.5, 0.6) is 0 Å². The average molecular weight is 491 g/mol. The molecule has 2 atom stereocenters. The van der Waals surface area contributed by atoms with Gasteiger partial charge in [-0.2, -0.15) is 0 Å². The maximum Gasteiger partial charge on any atom is 0.194 e. The fourth-order valence-electron chi connectivity index (χ4n) is 3.44. The molecule has 0 aromatic heterocycles. The van der Waals surface area contributed by atoms with Crippen LogP contribution in [0.1, 0.15) is 32.8 Å². The van der Waals surface area contributed by atoms with E-state index < -0.39 is 14.6 Å². The molecule has 2 unspecified atom stereocenters. The van der Waals surface area contributed by atoms with Gasteiger partial charge in [-0.15, -0.1) is 24.0 Å². The number of guanidine groups is 1. The molecule has 7 heteroatoms. The minimum atomic E-state index is -3.03. The van der Waals surface area contributed by atoms with E-state index in [9.17, 15) is 8.42 Å². The summed E-state index contributed by atoms with van der Waals surface area (Å²) in [5.74, 6) is 1.69. The Bertz CT molecular complexity index is 734. The van der Waals surface area contributed by atoms with Gasteiger partial charge >= 0.3 is 0 Å². The van der Waals surface area contributed by atoms with Gasteiger partial charge in [0.25, 0.3) is 0 Å². The van der Waals surface area contributed by atoms with E-state index in [4.69, 9.17) is 0 Å². The number of benzene rings is 1. The van der Waals surface area contributed by atoms with Crippen molar-refractivity contribution in [3.63, 3.8) is 0 Å². The SMILES string of the molecule is CCN=C(NC1CC1Cc1ccccc1)N1CCS(=O)(=O)C(C)(C)C1.I. The molecular weight excluding hydrogens is 461 g/mol. The third-order valence-electron chi connectivity index (χ3n) is 5.23. The number of nitrogens with one attached hydrogen (secondary N) is 1. The monoisotopic (exact) mass is 491 g/mol. The van der Waals surface area contributed by atoms with E-state index in [2.05, 4.69) is 39.5 Å². The van der Waals surface area contributed by atoms with Crippen molar-refractivity contribution < 1.29 is 8.42 Å². The summed E-state index contributed by atoms with van der Waals surface area (Å²) in [7, 11) is -3.03. The highest BCUT2D eigenvalue weighted by Crippen LogP contribution is 2.34. The van der Waals surface area contributed by atoms with Crippen LogP contribution in [0.4, 0.5) is 0 Å². The van der Waals surface area contributed by atoms with Crippen LogP contribution in [0.25, 0.3) is 0 Å². The van der Waals surface area contributed by atoms with Crippen LogP contribution < -0.4 is 5.32 Å². The highest BCUT2D eigenvalue weighted by atomic mass is 127. The fourth-order valence-corrected chi connectivity index (χ4v) is 4.81. The maximum absolute atomic E-state index is 12.2. The van der Waals surface area contributed by atoms with Gasteiger partial charge in [0.05, 0.1) is 10.5 Å². The first-order chi connectivity index (χ1) is 11.8. The molecule has 0 bridgehead atoms. The molecule has 0 radical (unpaired) electrons. The Morgan fingerprint density at radius 1 is 1.31 bits per heavy atom. The lowest BCUT2D eigenvalue weighted by atomic mass is 10.1. The van der Waals surface area contributed by atoms with Crippen LogP contribution in [0.2, 0.25) is 0 Å². The number of aliphatic imine (C=N–C) groups is 1. The zero-order valence-corrected chi connectivity index (χ0v) is 19.0. The van der Waals surface area contributed by atoms with Crippen LogP contribution >= 0.6 is 24.0 Å².